The second kappa shape index (κ2) is 7.51. The molecule has 0 atom stereocenters. The molecule has 1 aliphatic rings. The molecule has 9 nitrogen and oxygen atoms in total. The van der Waals surface area contributed by atoms with Crippen molar-refractivity contribution in [3.05, 3.63) is 39.8 Å². The van der Waals surface area contributed by atoms with Crippen LogP contribution in [0.4, 0.5) is 11.4 Å². The van der Waals surface area contributed by atoms with Crippen molar-refractivity contribution in [2.75, 3.05) is 11.1 Å². The van der Waals surface area contributed by atoms with Crippen LogP contribution in [0.5, 0.6) is 5.75 Å². The van der Waals surface area contributed by atoms with E-state index in [1.165, 1.54) is 22.9 Å². The van der Waals surface area contributed by atoms with Crippen LogP contribution in [0.15, 0.2) is 32.3 Å². The molecule has 1 aromatic heterocycles. The Morgan fingerprint density at radius 2 is 1.93 bits per heavy atom. The fraction of sp³-hybridized carbons (Fsp3) is 0.421. The molecule has 0 bridgehead atoms. The molecule has 2 aromatic rings. The van der Waals surface area contributed by atoms with Gasteiger partial charge in [-0.25, -0.2) is 4.68 Å². The fourth-order valence-electron chi connectivity index (χ4n) is 3.00. The topological polar surface area (TPSA) is 140 Å². The maximum Gasteiger partial charge on any atom is 0.286 e. The first-order valence-corrected chi connectivity index (χ1v) is 10.8. The van der Waals surface area contributed by atoms with Gasteiger partial charge in [0.15, 0.2) is 11.6 Å². The minimum atomic E-state index is -4.10. The van der Waals surface area contributed by atoms with Gasteiger partial charge in [-0.05, 0) is 30.5 Å². The van der Waals surface area contributed by atoms with Crippen LogP contribution in [0.1, 0.15) is 51.3 Å². The van der Waals surface area contributed by atoms with Crippen molar-refractivity contribution in [2.24, 2.45) is 10.3 Å². The van der Waals surface area contributed by atoms with Gasteiger partial charge in [-0.1, -0.05) is 27.7 Å². The molecule has 1 aliphatic heterocycles. The summed E-state index contributed by atoms with van der Waals surface area (Å²) in [5.74, 6) is -0.447. The van der Waals surface area contributed by atoms with Gasteiger partial charge in [0.2, 0.25) is 0 Å². The van der Waals surface area contributed by atoms with Crippen LogP contribution in [-0.2, 0) is 16.6 Å². The van der Waals surface area contributed by atoms with Crippen LogP contribution in [0.3, 0.4) is 0 Å². The van der Waals surface area contributed by atoms with E-state index in [1.807, 2.05) is 27.7 Å². The summed E-state index contributed by atoms with van der Waals surface area (Å²) in [4.78, 5) is 13.0. The van der Waals surface area contributed by atoms with E-state index in [9.17, 15) is 18.3 Å². The lowest BCUT2D eigenvalue weighted by Gasteiger charge is -2.21. The average molecular weight is 420 g/mol. The molecule has 1 aromatic carbocycles. The lowest BCUT2D eigenvalue weighted by atomic mass is 10.1. The molecule has 4 N–H and O–H groups in total. The Morgan fingerprint density at radius 1 is 1.24 bits per heavy atom. The Kier molecular flexibility index (Phi) is 5.40. The summed E-state index contributed by atoms with van der Waals surface area (Å²) in [6, 6.07) is 4.33. The van der Waals surface area contributed by atoms with Crippen LogP contribution < -0.4 is 16.6 Å². The third-order valence-corrected chi connectivity index (χ3v) is 5.92. The molecule has 10 heteroatoms. The number of nitrogen functional groups attached to an aromatic ring is 1. The SMILES string of the molecule is CC(C)CCn1nc(C(C)C)c(O)c(C2=NS(=O)(=O)c3cc(N)ccc3N2)c1=O. The number of hydrogen-bond acceptors (Lipinski definition) is 7. The molecular weight excluding hydrogens is 394 g/mol. The Morgan fingerprint density at radius 3 is 2.55 bits per heavy atom. The molecule has 156 valence electrons. The number of rotatable bonds is 5. The number of fused-ring (bicyclic) bond motifs is 1. The zero-order valence-corrected chi connectivity index (χ0v) is 17.6. The van der Waals surface area contributed by atoms with Crippen molar-refractivity contribution in [3.63, 3.8) is 0 Å². The van der Waals surface area contributed by atoms with Crippen LogP contribution in [-0.4, -0.2) is 29.1 Å². The normalized spacial score (nSPS) is 15.2. The van der Waals surface area contributed by atoms with Crippen molar-refractivity contribution >= 4 is 27.2 Å². The second-order valence-corrected chi connectivity index (χ2v) is 9.34. The van der Waals surface area contributed by atoms with Gasteiger partial charge in [-0.15, -0.1) is 4.40 Å². The predicted molar refractivity (Wildman–Crippen MR) is 112 cm³/mol. The molecule has 0 spiro atoms. The number of anilines is 2. The quantitative estimate of drug-likeness (QED) is 0.632. The molecule has 0 aliphatic carbocycles. The standard InChI is InChI=1S/C19H25N5O4S/c1-10(2)7-8-24-19(26)15(17(25)16(22-24)11(3)4)18-21-13-6-5-12(20)9-14(13)29(27,28)23-18/h5-6,9-11,25H,7-8,20H2,1-4H3,(H,21,23). The molecule has 0 saturated carbocycles. The van der Waals surface area contributed by atoms with Gasteiger partial charge in [-0.2, -0.15) is 13.5 Å². The Hall–Kier alpha value is -2.88. The minimum Gasteiger partial charge on any atom is -0.505 e. The van der Waals surface area contributed by atoms with Crippen molar-refractivity contribution in [2.45, 2.75) is 51.5 Å². The molecule has 0 amide bonds. The first-order chi connectivity index (χ1) is 13.5. The van der Waals surface area contributed by atoms with E-state index < -0.39 is 15.6 Å². The number of aromatic nitrogens is 2. The molecule has 0 fully saturated rings. The highest BCUT2D eigenvalue weighted by molar-refractivity contribution is 7.90. The molecule has 0 saturated heterocycles. The highest BCUT2D eigenvalue weighted by atomic mass is 32.2. The molecular formula is C19H25N5O4S. The van der Waals surface area contributed by atoms with E-state index in [0.29, 0.717) is 24.6 Å². The number of benzene rings is 1. The first-order valence-electron chi connectivity index (χ1n) is 9.37. The number of hydrogen-bond donors (Lipinski definition) is 3. The number of aryl methyl sites for hydroxylation is 1. The number of sulfonamides is 1. The van der Waals surface area contributed by atoms with E-state index in [4.69, 9.17) is 5.73 Å². The van der Waals surface area contributed by atoms with Crippen molar-refractivity contribution in [1.82, 2.24) is 9.78 Å². The summed E-state index contributed by atoms with van der Waals surface area (Å²) >= 11 is 0. The predicted octanol–water partition coefficient (Wildman–Crippen LogP) is 2.26. The molecule has 29 heavy (non-hydrogen) atoms. The lowest BCUT2D eigenvalue weighted by molar-refractivity contribution is 0.424. The van der Waals surface area contributed by atoms with E-state index in [2.05, 4.69) is 14.8 Å². The average Bonchev–Trinajstić information content (AvgIpc) is 2.61. The van der Waals surface area contributed by atoms with Crippen LogP contribution in [0, 0.1) is 5.92 Å². The summed E-state index contributed by atoms with van der Waals surface area (Å²) in [6.45, 7) is 8.05. The van der Waals surface area contributed by atoms with Gasteiger partial charge < -0.3 is 16.2 Å². The summed E-state index contributed by atoms with van der Waals surface area (Å²) in [5, 5.41) is 17.9. The Labute approximate surface area is 169 Å². The summed E-state index contributed by atoms with van der Waals surface area (Å²) in [5.41, 5.74) is 5.68. The van der Waals surface area contributed by atoms with E-state index in [1.54, 1.807) is 0 Å². The van der Waals surface area contributed by atoms with Gasteiger partial charge in [0.1, 0.15) is 16.2 Å². The van der Waals surface area contributed by atoms with Gasteiger partial charge in [-0.3, -0.25) is 4.79 Å². The van der Waals surface area contributed by atoms with Gasteiger partial charge >= 0.3 is 0 Å². The second-order valence-electron chi connectivity index (χ2n) is 7.77. The monoisotopic (exact) mass is 419 g/mol. The Balaban J connectivity index is 2.22. The zero-order chi connectivity index (χ0) is 21.5. The number of nitrogens with one attached hydrogen (secondary N) is 1. The van der Waals surface area contributed by atoms with Crippen molar-refractivity contribution in [3.8, 4) is 5.75 Å². The largest absolute Gasteiger partial charge is 0.505 e. The van der Waals surface area contributed by atoms with Gasteiger partial charge in [0.25, 0.3) is 15.6 Å². The van der Waals surface area contributed by atoms with E-state index in [-0.39, 0.29) is 39.3 Å². The maximum absolute atomic E-state index is 13.1. The van der Waals surface area contributed by atoms with E-state index in [0.717, 1.165) is 0 Å². The minimum absolute atomic E-state index is 0.0842. The summed E-state index contributed by atoms with van der Waals surface area (Å²) in [7, 11) is -4.10. The summed E-state index contributed by atoms with van der Waals surface area (Å²) < 4.78 is 30.3. The molecule has 0 unspecified atom stereocenters. The van der Waals surface area contributed by atoms with E-state index >= 15 is 0 Å². The van der Waals surface area contributed by atoms with Gasteiger partial charge in [0, 0.05) is 18.2 Å². The maximum atomic E-state index is 13.1. The lowest BCUT2D eigenvalue weighted by Crippen LogP contribution is -2.35. The zero-order valence-electron chi connectivity index (χ0n) is 16.8. The first kappa shape index (κ1) is 20.8. The molecule has 2 heterocycles. The van der Waals surface area contributed by atoms with Crippen molar-refractivity contribution in [1.29, 1.82) is 0 Å². The highest BCUT2D eigenvalue weighted by Crippen LogP contribution is 2.32. The highest BCUT2D eigenvalue weighted by Gasteiger charge is 2.30. The fourth-order valence-corrected chi connectivity index (χ4v) is 4.16. The van der Waals surface area contributed by atoms with Gasteiger partial charge in [0.05, 0.1) is 5.69 Å². The number of nitrogens with zero attached hydrogens (tertiary/aromatic N) is 3. The third kappa shape index (κ3) is 3.98. The Bertz CT molecular complexity index is 1150. The number of aromatic hydroxyl groups is 1. The number of amidine groups is 1. The smallest absolute Gasteiger partial charge is 0.286 e. The molecule has 3 rings (SSSR count). The molecule has 0 radical (unpaired) electrons. The van der Waals surface area contributed by atoms with Crippen LogP contribution in [0.25, 0.3) is 0 Å². The van der Waals surface area contributed by atoms with Crippen molar-refractivity contribution < 1.29 is 13.5 Å². The number of nitrogens with two attached hydrogens (primary N) is 1. The third-order valence-electron chi connectivity index (χ3n) is 4.61. The summed E-state index contributed by atoms with van der Waals surface area (Å²) in [6.07, 6.45) is 0.703. The van der Waals surface area contributed by atoms with Crippen LogP contribution >= 0.6 is 0 Å². The van der Waals surface area contributed by atoms with Crippen LogP contribution in [0.2, 0.25) is 0 Å².